The van der Waals surface area contributed by atoms with Crippen molar-refractivity contribution in [3.05, 3.63) is 36.2 Å². The molecule has 2 aromatic heterocycles. The number of pyridine rings is 1. The number of amides is 1. The SMILES string of the molecule is Cc1nccc2c1[nH]c1cc(OCC(=O)N3CCN(C)CC3)ccc12. The Bertz CT molecular complexity index is 926. The van der Waals surface area contributed by atoms with Crippen molar-refractivity contribution >= 4 is 27.7 Å². The number of fused-ring (bicyclic) bond motifs is 3. The van der Waals surface area contributed by atoms with Crippen LogP contribution in [0.4, 0.5) is 0 Å². The molecule has 4 rings (SSSR count). The number of nitrogens with zero attached hydrogens (tertiary/aromatic N) is 3. The van der Waals surface area contributed by atoms with E-state index in [4.69, 9.17) is 4.74 Å². The van der Waals surface area contributed by atoms with Gasteiger partial charge in [-0.3, -0.25) is 9.78 Å². The molecule has 0 bridgehead atoms. The van der Waals surface area contributed by atoms with Gasteiger partial charge in [-0.25, -0.2) is 0 Å². The number of benzene rings is 1. The number of rotatable bonds is 3. The number of H-pyrrole nitrogens is 1. The number of carbonyl (C=O) groups is 1. The minimum atomic E-state index is 0.0462. The molecule has 1 N–H and O–H groups in total. The fourth-order valence-electron chi connectivity index (χ4n) is 3.33. The molecule has 0 aliphatic carbocycles. The Morgan fingerprint density at radius 1 is 1.20 bits per heavy atom. The third-order valence-corrected chi connectivity index (χ3v) is 4.90. The maximum absolute atomic E-state index is 12.3. The zero-order valence-corrected chi connectivity index (χ0v) is 14.6. The van der Waals surface area contributed by atoms with Crippen LogP contribution in [0.25, 0.3) is 21.8 Å². The quantitative estimate of drug-likeness (QED) is 0.795. The maximum Gasteiger partial charge on any atom is 0.260 e. The number of nitrogens with one attached hydrogen (secondary N) is 1. The van der Waals surface area contributed by atoms with Crippen molar-refractivity contribution in [1.82, 2.24) is 19.8 Å². The highest BCUT2D eigenvalue weighted by Crippen LogP contribution is 2.29. The van der Waals surface area contributed by atoms with Gasteiger partial charge in [0.2, 0.25) is 0 Å². The number of aromatic nitrogens is 2. The first-order valence-corrected chi connectivity index (χ1v) is 8.58. The van der Waals surface area contributed by atoms with Gasteiger partial charge in [-0.2, -0.15) is 0 Å². The molecule has 1 fully saturated rings. The molecule has 25 heavy (non-hydrogen) atoms. The van der Waals surface area contributed by atoms with Crippen LogP contribution in [0.3, 0.4) is 0 Å². The number of ether oxygens (including phenoxy) is 1. The molecule has 1 amide bonds. The molecule has 1 aliphatic heterocycles. The van der Waals surface area contributed by atoms with Crippen LogP contribution in [-0.4, -0.2) is 65.5 Å². The molecule has 130 valence electrons. The highest BCUT2D eigenvalue weighted by atomic mass is 16.5. The molecular formula is C19H22N4O2. The molecular weight excluding hydrogens is 316 g/mol. The van der Waals surface area contributed by atoms with E-state index >= 15 is 0 Å². The van der Waals surface area contributed by atoms with E-state index in [1.165, 1.54) is 0 Å². The molecule has 3 aromatic rings. The van der Waals surface area contributed by atoms with Crippen molar-refractivity contribution < 1.29 is 9.53 Å². The third-order valence-electron chi connectivity index (χ3n) is 4.90. The van der Waals surface area contributed by atoms with Crippen molar-refractivity contribution in [1.29, 1.82) is 0 Å². The van der Waals surface area contributed by atoms with Crippen LogP contribution in [0.5, 0.6) is 5.75 Å². The highest BCUT2D eigenvalue weighted by molar-refractivity contribution is 6.08. The number of hydrogen-bond acceptors (Lipinski definition) is 4. The summed E-state index contributed by atoms with van der Waals surface area (Å²) in [6, 6.07) is 7.91. The predicted octanol–water partition coefficient (Wildman–Crippen LogP) is 2.18. The number of piperazine rings is 1. The summed E-state index contributed by atoms with van der Waals surface area (Å²) in [7, 11) is 2.07. The van der Waals surface area contributed by atoms with E-state index in [2.05, 4.69) is 21.9 Å². The Morgan fingerprint density at radius 2 is 2.00 bits per heavy atom. The average Bonchev–Trinajstić information content (AvgIpc) is 3.00. The molecule has 0 atom stereocenters. The second-order valence-electron chi connectivity index (χ2n) is 6.62. The molecule has 0 saturated carbocycles. The summed E-state index contributed by atoms with van der Waals surface area (Å²) in [6.07, 6.45) is 1.82. The molecule has 3 heterocycles. The van der Waals surface area contributed by atoms with Crippen LogP contribution >= 0.6 is 0 Å². The molecule has 1 saturated heterocycles. The molecule has 0 unspecified atom stereocenters. The molecule has 6 nitrogen and oxygen atoms in total. The van der Waals surface area contributed by atoms with Gasteiger partial charge in [0.25, 0.3) is 5.91 Å². The van der Waals surface area contributed by atoms with Crippen LogP contribution in [0, 0.1) is 6.92 Å². The molecule has 0 radical (unpaired) electrons. The average molecular weight is 338 g/mol. The Kier molecular flexibility index (Phi) is 4.05. The van der Waals surface area contributed by atoms with Crippen molar-refractivity contribution in [3.63, 3.8) is 0 Å². The standard InChI is InChI=1S/C19H22N4O2/c1-13-19-16(5-6-20-13)15-4-3-14(11-17(15)21-19)25-12-18(24)23-9-7-22(2)8-10-23/h3-6,11,21H,7-10,12H2,1-2H3. The van der Waals surface area contributed by atoms with Crippen LogP contribution in [0.2, 0.25) is 0 Å². The van der Waals surface area contributed by atoms with Gasteiger partial charge < -0.3 is 19.5 Å². The zero-order valence-electron chi connectivity index (χ0n) is 14.6. The van der Waals surface area contributed by atoms with E-state index in [0.717, 1.165) is 53.7 Å². The fourth-order valence-corrected chi connectivity index (χ4v) is 3.33. The van der Waals surface area contributed by atoms with Gasteiger partial charge >= 0.3 is 0 Å². The first kappa shape index (κ1) is 15.9. The smallest absolute Gasteiger partial charge is 0.260 e. The van der Waals surface area contributed by atoms with Gasteiger partial charge in [0.1, 0.15) is 5.75 Å². The van der Waals surface area contributed by atoms with E-state index in [0.29, 0.717) is 5.75 Å². The van der Waals surface area contributed by atoms with E-state index in [-0.39, 0.29) is 12.5 Å². The first-order valence-electron chi connectivity index (χ1n) is 8.58. The second kappa shape index (κ2) is 6.37. The Morgan fingerprint density at radius 3 is 2.80 bits per heavy atom. The minimum Gasteiger partial charge on any atom is -0.484 e. The maximum atomic E-state index is 12.3. The number of hydrogen-bond donors (Lipinski definition) is 1. The van der Waals surface area contributed by atoms with Crippen LogP contribution in [0.1, 0.15) is 5.69 Å². The van der Waals surface area contributed by atoms with Gasteiger partial charge in [0.15, 0.2) is 6.61 Å². The summed E-state index contributed by atoms with van der Waals surface area (Å²) in [4.78, 5) is 24.1. The van der Waals surface area contributed by atoms with E-state index < -0.39 is 0 Å². The summed E-state index contributed by atoms with van der Waals surface area (Å²) in [6.45, 7) is 5.44. The predicted molar refractivity (Wildman–Crippen MR) is 97.9 cm³/mol. The van der Waals surface area contributed by atoms with Gasteiger partial charge in [-0.1, -0.05) is 0 Å². The number of aromatic amines is 1. The Labute approximate surface area is 146 Å². The van der Waals surface area contributed by atoms with Crippen molar-refractivity contribution in [2.45, 2.75) is 6.92 Å². The summed E-state index contributed by atoms with van der Waals surface area (Å²) < 4.78 is 5.74. The van der Waals surface area contributed by atoms with Crippen molar-refractivity contribution in [2.24, 2.45) is 0 Å². The third kappa shape index (κ3) is 3.05. The lowest BCUT2D eigenvalue weighted by atomic mass is 10.1. The summed E-state index contributed by atoms with van der Waals surface area (Å²) in [5, 5.41) is 2.29. The molecule has 0 spiro atoms. The van der Waals surface area contributed by atoms with Crippen molar-refractivity contribution in [2.75, 3.05) is 39.8 Å². The minimum absolute atomic E-state index is 0.0462. The van der Waals surface area contributed by atoms with Crippen LogP contribution in [-0.2, 0) is 4.79 Å². The van der Waals surface area contributed by atoms with E-state index in [1.807, 2.05) is 42.3 Å². The summed E-state index contributed by atoms with van der Waals surface area (Å²) >= 11 is 0. The number of aryl methyl sites for hydroxylation is 1. The molecule has 6 heteroatoms. The zero-order chi connectivity index (χ0) is 17.4. The Balaban J connectivity index is 1.49. The number of carbonyl (C=O) groups excluding carboxylic acids is 1. The lowest BCUT2D eigenvalue weighted by molar-refractivity contribution is -0.134. The van der Waals surface area contributed by atoms with E-state index in [9.17, 15) is 4.79 Å². The lowest BCUT2D eigenvalue weighted by Crippen LogP contribution is -2.48. The van der Waals surface area contributed by atoms with Gasteiger partial charge in [-0.05, 0) is 32.2 Å². The second-order valence-corrected chi connectivity index (χ2v) is 6.62. The monoisotopic (exact) mass is 338 g/mol. The molecule has 1 aliphatic rings. The number of likely N-dealkylation sites (N-methyl/N-ethyl adjacent to an activating group) is 1. The van der Waals surface area contributed by atoms with Gasteiger partial charge in [0.05, 0.1) is 16.7 Å². The fraction of sp³-hybridized carbons (Fsp3) is 0.368. The summed E-state index contributed by atoms with van der Waals surface area (Å²) in [5.74, 6) is 0.747. The largest absolute Gasteiger partial charge is 0.484 e. The van der Waals surface area contributed by atoms with Gasteiger partial charge in [0, 0.05) is 49.2 Å². The lowest BCUT2D eigenvalue weighted by Gasteiger charge is -2.32. The van der Waals surface area contributed by atoms with E-state index in [1.54, 1.807) is 0 Å². The first-order chi connectivity index (χ1) is 12.1. The van der Waals surface area contributed by atoms with Gasteiger partial charge in [-0.15, -0.1) is 0 Å². The van der Waals surface area contributed by atoms with Crippen molar-refractivity contribution in [3.8, 4) is 5.75 Å². The van der Waals surface area contributed by atoms with Crippen LogP contribution < -0.4 is 4.74 Å². The van der Waals surface area contributed by atoms with Crippen LogP contribution in [0.15, 0.2) is 30.5 Å². The topological polar surface area (TPSA) is 61.5 Å². The Hall–Kier alpha value is -2.60. The molecule has 1 aromatic carbocycles. The highest BCUT2D eigenvalue weighted by Gasteiger charge is 2.19. The summed E-state index contributed by atoms with van der Waals surface area (Å²) in [5.41, 5.74) is 3.01. The normalized spacial score (nSPS) is 15.8.